The van der Waals surface area contributed by atoms with Crippen LogP contribution in [0.5, 0.6) is 0 Å². The smallest absolute Gasteiger partial charge is 0.115 e. The normalized spacial score (nSPS) is 10.7. The predicted octanol–water partition coefficient (Wildman–Crippen LogP) is 3.78. The van der Waals surface area contributed by atoms with Crippen molar-refractivity contribution in [3.05, 3.63) is 47.5 Å². The van der Waals surface area contributed by atoms with Crippen molar-refractivity contribution in [3.63, 3.8) is 0 Å². The lowest BCUT2D eigenvalue weighted by Crippen LogP contribution is -1.88. The molecule has 0 fully saturated rings. The minimum absolute atomic E-state index is 0.547. The van der Waals surface area contributed by atoms with Crippen LogP contribution in [0.1, 0.15) is 11.1 Å². The number of benzene rings is 2. The molecule has 0 saturated heterocycles. The third kappa shape index (κ3) is 1.37. The molecule has 0 aliphatic rings. The van der Waals surface area contributed by atoms with Crippen molar-refractivity contribution in [1.82, 2.24) is 0 Å². The van der Waals surface area contributed by atoms with Crippen LogP contribution in [0.3, 0.4) is 0 Å². The Hall–Kier alpha value is -1.44. The third-order valence-corrected chi connectivity index (χ3v) is 2.37. The van der Waals surface area contributed by atoms with Gasteiger partial charge in [0.2, 0.25) is 0 Å². The highest BCUT2D eigenvalue weighted by molar-refractivity contribution is 5.88. The van der Waals surface area contributed by atoms with Crippen LogP contribution in [0.15, 0.2) is 36.4 Å². The van der Waals surface area contributed by atoms with Gasteiger partial charge in [0.1, 0.15) is 13.3 Å². The van der Waals surface area contributed by atoms with Gasteiger partial charge in [-0.1, -0.05) is 36.4 Å². The Morgan fingerprint density at radius 1 is 0.786 bits per heavy atom. The zero-order valence-corrected chi connectivity index (χ0v) is 7.63. The first-order valence-electron chi connectivity index (χ1n) is 4.48. The molecular weight excluding hydrogens is 182 g/mol. The summed E-state index contributed by atoms with van der Waals surface area (Å²) in [4.78, 5) is 0. The maximum absolute atomic E-state index is 12.6. The van der Waals surface area contributed by atoms with Crippen LogP contribution in [-0.2, 0) is 13.3 Å². The minimum atomic E-state index is -0.547. The lowest BCUT2D eigenvalue weighted by atomic mass is 10.0. The molecule has 0 aliphatic heterocycles. The fourth-order valence-electron chi connectivity index (χ4n) is 1.72. The van der Waals surface area contributed by atoms with E-state index in [4.69, 9.17) is 0 Å². The molecular formula is C12H10F2. The van der Waals surface area contributed by atoms with Gasteiger partial charge < -0.3 is 0 Å². The lowest BCUT2D eigenvalue weighted by Gasteiger charge is -2.06. The molecule has 2 aromatic rings. The lowest BCUT2D eigenvalue weighted by molar-refractivity contribution is 0.480. The molecule has 14 heavy (non-hydrogen) atoms. The van der Waals surface area contributed by atoms with E-state index in [2.05, 4.69) is 0 Å². The predicted molar refractivity (Wildman–Crippen MR) is 53.6 cm³/mol. The average molecular weight is 192 g/mol. The van der Waals surface area contributed by atoms with Gasteiger partial charge in [0.25, 0.3) is 0 Å². The fourth-order valence-corrected chi connectivity index (χ4v) is 1.72. The number of hydrogen-bond acceptors (Lipinski definition) is 0. The highest BCUT2D eigenvalue weighted by atomic mass is 19.1. The molecule has 72 valence electrons. The second kappa shape index (κ2) is 3.74. The largest absolute Gasteiger partial charge is 0.246 e. The molecule has 0 radical (unpaired) electrons. The van der Waals surface area contributed by atoms with Crippen LogP contribution in [0, 0.1) is 0 Å². The molecule has 0 N–H and O–H groups in total. The van der Waals surface area contributed by atoms with Gasteiger partial charge >= 0.3 is 0 Å². The summed E-state index contributed by atoms with van der Waals surface area (Å²) in [5, 5.41) is 1.62. The zero-order chi connectivity index (χ0) is 9.97. The molecule has 0 amide bonds. The molecule has 0 aromatic heterocycles. The average Bonchev–Trinajstić information content (AvgIpc) is 2.27. The summed E-state index contributed by atoms with van der Waals surface area (Å²) in [6, 6.07) is 10.7. The first-order valence-corrected chi connectivity index (χ1v) is 4.48. The van der Waals surface area contributed by atoms with Crippen LogP contribution in [0.4, 0.5) is 8.78 Å². The van der Waals surface area contributed by atoms with Crippen LogP contribution in [0.25, 0.3) is 10.8 Å². The summed E-state index contributed by atoms with van der Waals surface area (Å²) in [6.45, 7) is -1.09. The van der Waals surface area contributed by atoms with Gasteiger partial charge in [0.15, 0.2) is 0 Å². The molecule has 0 nitrogen and oxygen atoms in total. The van der Waals surface area contributed by atoms with E-state index >= 15 is 0 Å². The van der Waals surface area contributed by atoms with Crippen LogP contribution >= 0.6 is 0 Å². The van der Waals surface area contributed by atoms with Gasteiger partial charge in [-0.15, -0.1) is 0 Å². The Morgan fingerprint density at radius 2 is 1.29 bits per heavy atom. The van der Waals surface area contributed by atoms with Crippen molar-refractivity contribution in [2.45, 2.75) is 13.3 Å². The number of hydrogen-bond donors (Lipinski definition) is 0. The Labute approximate surface area is 81.2 Å². The van der Waals surface area contributed by atoms with E-state index in [-0.39, 0.29) is 0 Å². The van der Waals surface area contributed by atoms with Gasteiger partial charge in [-0.25, -0.2) is 8.78 Å². The summed E-state index contributed by atoms with van der Waals surface area (Å²) in [6.07, 6.45) is 0. The van der Waals surface area contributed by atoms with Crippen molar-refractivity contribution in [1.29, 1.82) is 0 Å². The van der Waals surface area contributed by atoms with E-state index in [0.717, 1.165) is 10.8 Å². The van der Waals surface area contributed by atoms with Crippen LogP contribution in [-0.4, -0.2) is 0 Å². The molecule has 0 spiro atoms. The van der Waals surface area contributed by atoms with E-state index in [1.807, 2.05) is 12.1 Å². The van der Waals surface area contributed by atoms with Crippen molar-refractivity contribution in [3.8, 4) is 0 Å². The molecule has 0 unspecified atom stereocenters. The molecule has 2 rings (SSSR count). The van der Waals surface area contributed by atoms with E-state index < -0.39 is 13.3 Å². The summed E-state index contributed by atoms with van der Waals surface area (Å²) in [5.74, 6) is 0. The van der Waals surface area contributed by atoms with Gasteiger partial charge in [-0.3, -0.25) is 0 Å². The second-order valence-electron chi connectivity index (χ2n) is 3.20. The fraction of sp³-hybridized carbons (Fsp3) is 0.167. The summed E-state index contributed by atoms with van der Waals surface area (Å²) < 4.78 is 25.3. The molecule has 0 aliphatic carbocycles. The maximum atomic E-state index is 12.6. The second-order valence-corrected chi connectivity index (χ2v) is 3.20. The van der Waals surface area contributed by atoms with Crippen molar-refractivity contribution in [2.75, 3.05) is 0 Å². The maximum Gasteiger partial charge on any atom is 0.115 e. The van der Waals surface area contributed by atoms with E-state index in [0.29, 0.717) is 11.1 Å². The topological polar surface area (TPSA) is 0 Å². The van der Waals surface area contributed by atoms with E-state index in [9.17, 15) is 8.78 Å². The highest BCUT2D eigenvalue weighted by Crippen LogP contribution is 2.24. The quantitative estimate of drug-likeness (QED) is 0.679. The minimum Gasteiger partial charge on any atom is -0.246 e. The van der Waals surface area contributed by atoms with Crippen molar-refractivity contribution in [2.24, 2.45) is 0 Å². The Morgan fingerprint density at radius 3 is 1.71 bits per heavy atom. The SMILES string of the molecule is FCc1cccc2cccc(CF)c12. The molecule has 0 saturated carbocycles. The zero-order valence-electron chi connectivity index (χ0n) is 7.63. The Balaban J connectivity index is 2.81. The van der Waals surface area contributed by atoms with Gasteiger partial charge in [-0.05, 0) is 21.9 Å². The molecule has 2 heteroatoms. The standard InChI is InChI=1S/C12H10F2/c13-7-10-5-1-3-9-4-2-6-11(8-14)12(9)10/h1-6H,7-8H2. The monoisotopic (exact) mass is 192 g/mol. The molecule has 0 bridgehead atoms. The van der Waals surface area contributed by atoms with Crippen LogP contribution in [0.2, 0.25) is 0 Å². The van der Waals surface area contributed by atoms with Crippen LogP contribution < -0.4 is 0 Å². The first-order chi connectivity index (χ1) is 6.86. The third-order valence-electron chi connectivity index (χ3n) is 2.37. The molecule has 0 heterocycles. The number of alkyl halides is 2. The highest BCUT2D eigenvalue weighted by Gasteiger charge is 2.04. The first kappa shape index (κ1) is 9.13. The van der Waals surface area contributed by atoms with Crippen molar-refractivity contribution < 1.29 is 8.78 Å². The number of fused-ring (bicyclic) bond motifs is 1. The van der Waals surface area contributed by atoms with Gasteiger partial charge in [0.05, 0.1) is 0 Å². The Kier molecular flexibility index (Phi) is 2.44. The van der Waals surface area contributed by atoms with E-state index in [1.165, 1.54) is 0 Å². The van der Waals surface area contributed by atoms with Crippen molar-refractivity contribution >= 4 is 10.8 Å². The van der Waals surface area contributed by atoms with Gasteiger partial charge in [0, 0.05) is 0 Å². The summed E-state index contributed by atoms with van der Waals surface area (Å²) >= 11 is 0. The Bertz CT molecular complexity index is 410. The van der Waals surface area contributed by atoms with Gasteiger partial charge in [-0.2, -0.15) is 0 Å². The molecule has 0 atom stereocenters. The number of halogens is 2. The summed E-state index contributed by atoms with van der Waals surface area (Å²) in [7, 11) is 0. The number of rotatable bonds is 2. The summed E-state index contributed by atoms with van der Waals surface area (Å²) in [5.41, 5.74) is 1.13. The van der Waals surface area contributed by atoms with E-state index in [1.54, 1.807) is 24.3 Å². The molecule has 2 aromatic carbocycles.